The number of carbonyl (C=O) groups excluding carboxylic acids is 1. The summed E-state index contributed by atoms with van der Waals surface area (Å²) >= 11 is 1.17. The van der Waals surface area contributed by atoms with Gasteiger partial charge in [0.25, 0.3) is 11.6 Å². The first kappa shape index (κ1) is 19.3. The van der Waals surface area contributed by atoms with E-state index in [1.807, 2.05) is 6.92 Å². The lowest BCUT2D eigenvalue weighted by molar-refractivity contribution is -0.384. The molecule has 1 fully saturated rings. The Labute approximate surface area is 164 Å². The number of carboxylic acids is 1. The van der Waals surface area contributed by atoms with E-state index in [1.165, 1.54) is 40.9 Å². The van der Waals surface area contributed by atoms with E-state index < -0.39 is 10.9 Å². The second-order valence-electron chi connectivity index (χ2n) is 5.76. The minimum Gasteiger partial charge on any atom is -0.478 e. The zero-order valence-corrected chi connectivity index (χ0v) is 15.5. The summed E-state index contributed by atoms with van der Waals surface area (Å²) in [6.45, 7) is 2.22. The molecule has 2 aromatic carbocycles. The number of carboxylic acid groups (broad SMARTS) is 1. The number of benzene rings is 2. The van der Waals surface area contributed by atoms with Gasteiger partial charge in [-0.3, -0.25) is 19.8 Å². The Hall–Kier alpha value is -3.46. The van der Waals surface area contributed by atoms with Gasteiger partial charge in [0, 0.05) is 18.7 Å². The number of nitrogens with zero attached hydrogens (tertiary/aromatic N) is 3. The zero-order chi connectivity index (χ0) is 20.3. The molecule has 0 radical (unpaired) electrons. The number of amides is 1. The number of non-ortho nitro benzene ring substituents is 1. The van der Waals surface area contributed by atoms with Gasteiger partial charge in [-0.25, -0.2) is 9.79 Å². The Morgan fingerprint density at radius 3 is 2.61 bits per heavy atom. The molecule has 1 aliphatic rings. The highest BCUT2D eigenvalue weighted by molar-refractivity contribution is 8.18. The van der Waals surface area contributed by atoms with Crippen molar-refractivity contribution in [1.82, 2.24) is 4.90 Å². The van der Waals surface area contributed by atoms with Gasteiger partial charge in [0.2, 0.25) is 0 Å². The van der Waals surface area contributed by atoms with Crippen molar-refractivity contribution >= 4 is 46.3 Å². The van der Waals surface area contributed by atoms with Crippen LogP contribution in [-0.2, 0) is 4.79 Å². The Bertz CT molecular complexity index is 1010. The molecule has 0 bridgehead atoms. The lowest BCUT2D eigenvalue weighted by atomic mass is 10.2. The number of rotatable bonds is 5. The van der Waals surface area contributed by atoms with Crippen LogP contribution in [0.5, 0.6) is 0 Å². The van der Waals surface area contributed by atoms with Crippen molar-refractivity contribution in [3.8, 4) is 0 Å². The van der Waals surface area contributed by atoms with Gasteiger partial charge in [-0.1, -0.05) is 12.1 Å². The number of carbonyl (C=O) groups is 2. The number of hydrogen-bond acceptors (Lipinski definition) is 6. The normalized spacial score (nSPS) is 16.8. The molecule has 28 heavy (non-hydrogen) atoms. The number of amidine groups is 1. The molecule has 1 amide bonds. The predicted molar refractivity (Wildman–Crippen MR) is 107 cm³/mol. The van der Waals surface area contributed by atoms with Crippen molar-refractivity contribution in [3.63, 3.8) is 0 Å². The van der Waals surface area contributed by atoms with Crippen molar-refractivity contribution in [3.05, 3.63) is 74.7 Å². The second-order valence-corrected chi connectivity index (χ2v) is 6.77. The molecule has 1 heterocycles. The van der Waals surface area contributed by atoms with Gasteiger partial charge in [-0.2, -0.15) is 0 Å². The highest BCUT2D eigenvalue weighted by Gasteiger charge is 2.32. The summed E-state index contributed by atoms with van der Waals surface area (Å²) in [5.41, 5.74) is 1.17. The quantitative estimate of drug-likeness (QED) is 0.465. The van der Waals surface area contributed by atoms with Crippen LogP contribution >= 0.6 is 11.8 Å². The molecule has 0 unspecified atom stereocenters. The molecule has 0 atom stereocenters. The smallest absolute Gasteiger partial charge is 0.335 e. The zero-order valence-electron chi connectivity index (χ0n) is 14.7. The van der Waals surface area contributed by atoms with Crippen LogP contribution in [0.4, 0.5) is 11.4 Å². The summed E-state index contributed by atoms with van der Waals surface area (Å²) in [4.78, 5) is 40.4. The van der Waals surface area contributed by atoms with Crippen LogP contribution in [0.1, 0.15) is 22.8 Å². The van der Waals surface area contributed by atoms with Gasteiger partial charge in [-0.05, 0) is 54.6 Å². The monoisotopic (exact) mass is 397 g/mol. The molecule has 142 valence electrons. The van der Waals surface area contributed by atoms with Crippen molar-refractivity contribution in [2.75, 3.05) is 6.54 Å². The molecule has 1 saturated heterocycles. The van der Waals surface area contributed by atoms with Gasteiger partial charge in [0.15, 0.2) is 5.17 Å². The number of hydrogen-bond donors (Lipinski definition) is 1. The minimum atomic E-state index is -1.03. The van der Waals surface area contributed by atoms with E-state index in [0.29, 0.717) is 27.9 Å². The minimum absolute atomic E-state index is 0.0513. The molecule has 0 saturated carbocycles. The third kappa shape index (κ3) is 4.09. The van der Waals surface area contributed by atoms with Gasteiger partial charge < -0.3 is 5.11 Å². The van der Waals surface area contributed by atoms with Crippen LogP contribution in [-0.4, -0.2) is 38.5 Å². The van der Waals surface area contributed by atoms with E-state index >= 15 is 0 Å². The summed E-state index contributed by atoms with van der Waals surface area (Å²) < 4.78 is 0. The van der Waals surface area contributed by atoms with E-state index in [0.717, 1.165) is 0 Å². The van der Waals surface area contributed by atoms with Crippen LogP contribution in [0.2, 0.25) is 0 Å². The molecule has 8 nitrogen and oxygen atoms in total. The fourth-order valence-corrected chi connectivity index (χ4v) is 3.60. The number of nitro benzene ring substituents is 1. The van der Waals surface area contributed by atoms with E-state index in [4.69, 9.17) is 5.11 Å². The second kappa shape index (κ2) is 8.05. The largest absolute Gasteiger partial charge is 0.478 e. The fraction of sp³-hybridized carbons (Fsp3) is 0.105. The molecule has 0 aliphatic carbocycles. The van der Waals surface area contributed by atoms with Crippen LogP contribution in [0, 0.1) is 10.1 Å². The third-order valence-corrected chi connectivity index (χ3v) is 4.93. The van der Waals surface area contributed by atoms with Gasteiger partial charge in [0.05, 0.1) is 21.1 Å². The SMILES string of the molecule is CCN1C(=O)C(=Cc2cccc([N+](=O)[O-])c2)SC1=Nc1ccc(C(=O)O)cc1. The number of aromatic carboxylic acids is 1. The highest BCUT2D eigenvalue weighted by Crippen LogP contribution is 2.34. The third-order valence-electron chi connectivity index (χ3n) is 3.92. The van der Waals surface area contributed by atoms with E-state index in [9.17, 15) is 19.7 Å². The van der Waals surface area contributed by atoms with Crippen molar-refractivity contribution in [1.29, 1.82) is 0 Å². The number of likely N-dealkylation sites (N-methyl/N-ethyl adjacent to an activating group) is 1. The molecule has 3 rings (SSSR count). The first-order valence-corrected chi connectivity index (χ1v) is 9.08. The lowest BCUT2D eigenvalue weighted by Crippen LogP contribution is -2.28. The van der Waals surface area contributed by atoms with Crippen LogP contribution < -0.4 is 0 Å². The number of thioether (sulfide) groups is 1. The topological polar surface area (TPSA) is 113 Å². The Balaban J connectivity index is 1.91. The summed E-state index contributed by atoms with van der Waals surface area (Å²) in [7, 11) is 0. The first-order chi connectivity index (χ1) is 13.4. The first-order valence-electron chi connectivity index (χ1n) is 8.27. The summed E-state index contributed by atoms with van der Waals surface area (Å²) in [6, 6.07) is 12.1. The molecule has 1 N–H and O–H groups in total. The van der Waals surface area contributed by atoms with E-state index in [2.05, 4.69) is 4.99 Å². The average Bonchev–Trinajstić information content (AvgIpc) is 2.96. The van der Waals surface area contributed by atoms with Crippen LogP contribution in [0.25, 0.3) is 6.08 Å². The van der Waals surface area contributed by atoms with Gasteiger partial charge in [-0.15, -0.1) is 0 Å². The van der Waals surface area contributed by atoms with E-state index in [-0.39, 0.29) is 17.2 Å². The maximum atomic E-state index is 12.6. The predicted octanol–water partition coefficient (Wildman–Crippen LogP) is 3.92. The van der Waals surface area contributed by atoms with Gasteiger partial charge in [0.1, 0.15) is 0 Å². The van der Waals surface area contributed by atoms with Crippen LogP contribution in [0.3, 0.4) is 0 Å². The number of aliphatic imine (C=N–C) groups is 1. The molecule has 1 aliphatic heterocycles. The Morgan fingerprint density at radius 2 is 2.00 bits per heavy atom. The lowest BCUT2D eigenvalue weighted by Gasteiger charge is -2.12. The van der Waals surface area contributed by atoms with Crippen molar-refractivity contribution in [2.24, 2.45) is 4.99 Å². The maximum Gasteiger partial charge on any atom is 0.335 e. The molecule has 0 aromatic heterocycles. The Morgan fingerprint density at radius 1 is 1.29 bits per heavy atom. The Kier molecular flexibility index (Phi) is 5.55. The van der Waals surface area contributed by atoms with E-state index in [1.54, 1.807) is 30.3 Å². The summed E-state index contributed by atoms with van der Waals surface area (Å²) in [5, 5.41) is 20.3. The van der Waals surface area contributed by atoms with Crippen molar-refractivity contribution in [2.45, 2.75) is 6.92 Å². The molecule has 9 heteroatoms. The molecule has 0 spiro atoms. The summed E-state index contributed by atoms with van der Waals surface area (Å²) in [5.74, 6) is -1.26. The maximum absolute atomic E-state index is 12.6. The molecular formula is C19H15N3O5S. The average molecular weight is 397 g/mol. The van der Waals surface area contributed by atoms with Gasteiger partial charge >= 0.3 is 5.97 Å². The molecule has 2 aromatic rings. The van der Waals surface area contributed by atoms with Crippen LogP contribution in [0.15, 0.2) is 58.4 Å². The summed E-state index contributed by atoms with van der Waals surface area (Å²) in [6.07, 6.45) is 1.60. The fourth-order valence-electron chi connectivity index (χ4n) is 2.54. The number of nitro groups is 1. The van der Waals surface area contributed by atoms with Crippen molar-refractivity contribution < 1.29 is 19.6 Å². The molecular weight excluding hydrogens is 382 g/mol. The highest BCUT2D eigenvalue weighted by atomic mass is 32.2. The standard InChI is InChI=1S/C19H15N3O5S/c1-2-21-17(23)16(11-12-4-3-5-15(10-12)22(26)27)28-19(21)20-14-8-6-13(7-9-14)18(24)25/h3-11H,2H2,1H3,(H,24,25).